The Balaban J connectivity index is 1.80. The van der Waals surface area contributed by atoms with Gasteiger partial charge in [0.05, 0.1) is 16.6 Å². The third kappa shape index (κ3) is 3.93. The van der Waals surface area contributed by atoms with Crippen molar-refractivity contribution in [3.8, 4) is 6.07 Å². The maximum atomic E-state index is 13.2. The third-order valence-corrected chi connectivity index (χ3v) is 5.54. The fourth-order valence-electron chi connectivity index (χ4n) is 3.95. The predicted molar refractivity (Wildman–Crippen MR) is 111 cm³/mol. The molecule has 0 bridgehead atoms. The molecule has 2 aromatic heterocycles. The molecule has 0 aliphatic heterocycles. The molecule has 0 radical (unpaired) electrons. The van der Waals surface area contributed by atoms with Gasteiger partial charge in [0.15, 0.2) is 0 Å². The number of aromatic nitrogens is 2. The number of nitrogens with one attached hydrogen (secondary N) is 1. The van der Waals surface area contributed by atoms with E-state index in [-0.39, 0.29) is 5.56 Å². The van der Waals surface area contributed by atoms with E-state index < -0.39 is 0 Å². The standard InChI is InChI=1S/C23H29N3O/c1-3-4-5-6-7-8-9-10-13-18-17(2)19(16-24)22-25-20-14-11-12-15-21(20)26(22)23(18)27/h11-12,14-15,25H,3-10,13H2,1-2H3. The lowest BCUT2D eigenvalue weighted by atomic mass is 9.99. The molecule has 3 aromatic rings. The highest BCUT2D eigenvalue weighted by atomic mass is 16.1. The van der Waals surface area contributed by atoms with Gasteiger partial charge in [0.2, 0.25) is 0 Å². The summed E-state index contributed by atoms with van der Waals surface area (Å²) in [4.78, 5) is 16.4. The molecule has 0 fully saturated rings. The lowest BCUT2D eigenvalue weighted by Gasteiger charge is -2.09. The Morgan fingerprint density at radius 3 is 2.41 bits per heavy atom. The summed E-state index contributed by atoms with van der Waals surface area (Å²) in [6.07, 6.45) is 10.7. The van der Waals surface area contributed by atoms with Crippen molar-refractivity contribution < 1.29 is 0 Å². The number of aromatic amines is 1. The second kappa shape index (κ2) is 8.90. The highest BCUT2D eigenvalue weighted by Gasteiger charge is 2.17. The first kappa shape index (κ1) is 19.2. The number of fused-ring (bicyclic) bond motifs is 3. The Kier molecular flexibility index (Phi) is 6.34. The van der Waals surface area contributed by atoms with Crippen LogP contribution in [0, 0.1) is 18.3 Å². The van der Waals surface area contributed by atoms with Gasteiger partial charge >= 0.3 is 0 Å². The zero-order chi connectivity index (χ0) is 19.2. The van der Waals surface area contributed by atoms with E-state index in [4.69, 9.17) is 0 Å². The summed E-state index contributed by atoms with van der Waals surface area (Å²) in [5.41, 5.74) is 4.56. The van der Waals surface area contributed by atoms with E-state index in [0.717, 1.165) is 41.4 Å². The van der Waals surface area contributed by atoms with Crippen molar-refractivity contribution in [2.24, 2.45) is 0 Å². The quantitative estimate of drug-likeness (QED) is 0.500. The molecule has 1 N–H and O–H groups in total. The van der Waals surface area contributed by atoms with E-state index >= 15 is 0 Å². The summed E-state index contributed by atoms with van der Waals surface area (Å²) in [7, 11) is 0. The van der Waals surface area contributed by atoms with Gasteiger partial charge in [-0.25, -0.2) is 0 Å². The molecule has 0 atom stereocenters. The number of imidazole rings is 1. The minimum Gasteiger partial charge on any atom is -0.338 e. The van der Waals surface area contributed by atoms with Crippen LogP contribution >= 0.6 is 0 Å². The van der Waals surface area contributed by atoms with Gasteiger partial charge in [-0.1, -0.05) is 64.0 Å². The molecule has 2 heterocycles. The fraction of sp³-hybridized carbons (Fsp3) is 0.478. The first-order valence-corrected chi connectivity index (χ1v) is 10.2. The van der Waals surface area contributed by atoms with Crippen LogP contribution in [0.3, 0.4) is 0 Å². The number of hydrogen-bond donors (Lipinski definition) is 1. The van der Waals surface area contributed by atoms with Crippen LogP contribution in [0.4, 0.5) is 0 Å². The highest BCUT2D eigenvalue weighted by Crippen LogP contribution is 2.22. The van der Waals surface area contributed by atoms with Crippen LogP contribution in [0.5, 0.6) is 0 Å². The van der Waals surface area contributed by atoms with Crippen LogP contribution in [0.1, 0.15) is 75.0 Å². The van der Waals surface area contributed by atoms with Gasteiger partial charge in [-0.05, 0) is 37.5 Å². The number of H-pyrrole nitrogens is 1. The summed E-state index contributed by atoms with van der Waals surface area (Å²) in [6.45, 7) is 4.15. The topological polar surface area (TPSA) is 61.1 Å². The number of nitrogens with zero attached hydrogens (tertiary/aromatic N) is 2. The van der Waals surface area contributed by atoms with Crippen molar-refractivity contribution in [2.45, 2.75) is 71.6 Å². The Bertz CT molecular complexity index is 1020. The molecule has 0 aliphatic carbocycles. The zero-order valence-electron chi connectivity index (χ0n) is 16.5. The minimum atomic E-state index is 0.0156. The molecular weight excluding hydrogens is 334 g/mol. The molecule has 0 saturated carbocycles. The van der Waals surface area contributed by atoms with Crippen molar-refractivity contribution in [2.75, 3.05) is 0 Å². The van der Waals surface area contributed by atoms with E-state index in [1.54, 1.807) is 4.40 Å². The van der Waals surface area contributed by atoms with Crippen LogP contribution in [0.15, 0.2) is 29.1 Å². The molecule has 1 aromatic carbocycles. The maximum Gasteiger partial charge on any atom is 0.260 e. The Labute approximate surface area is 160 Å². The van der Waals surface area contributed by atoms with E-state index in [1.165, 1.54) is 38.5 Å². The van der Waals surface area contributed by atoms with Crippen molar-refractivity contribution in [3.05, 3.63) is 51.3 Å². The molecule has 27 heavy (non-hydrogen) atoms. The number of pyridine rings is 1. The Hall–Kier alpha value is -2.54. The number of unbranched alkanes of at least 4 members (excludes halogenated alkanes) is 7. The first-order chi connectivity index (χ1) is 13.2. The fourth-order valence-corrected chi connectivity index (χ4v) is 3.95. The van der Waals surface area contributed by atoms with Gasteiger partial charge in [-0.2, -0.15) is 5.26 Å². The largest absolute Gasteiger partial charge is 0.338 e. The third-order valence-electron chi connectivity index (χ3n) is 5.54. The summed E-state index contributed by atoms with van der Waals surface area (Å²) < 4.78 is 1.68. The molecule has 0 spiro atoms. The van der Waals surface area contributed by atoms with Crippen LogP contribution in [0.25, 0.3) is 16.7 Å². The van der Waals surface area contributed by atoms with E-state index in [0.29, 0.717) is 11.2 Å². The lowest BCUT2D eigenvalue weighted by molar-refractivity contribution is 0.574. The number of rotatable bonds is 9. The van der Waals surface area contributed by atoms with Gasteiger partial charge < -0.3 is 4.98 Å². The van der Waals surface area contributed by atoms with Crippen molar-refractivity contribution in [1.29, 1.82) is 5.26 Å². The summed E-state index contributed by atoms with van der Waals surface area (Å²) in [6, 6.07) is 10.0. The normalized spacial score (nSPS) is 11.3. The summed E-state index contributed by atoms with van der Waals surface area (Å²) >= 11 is 0. The monoisotopic (exact) mass is 363 g/mol. The molecule has 0 amide bonds. The van der Waals surface area contributed by atoms with Crippen LogP contribution < -0.4 is 5.56 Å². The summed E-state index contributed by atoms with van der Waals surface area (Å²) in [5.74, 6) is 0. The van der Waals surface area contributed by atoms with E-state index in [9.17, 15) is 10.1 Å². The first-order valence-electron chi connectivity index (χ1n) is 10.2. The number of nitriles is 1. The Morgan fingerprint density at radius 1 is 1.04 bits per heavy atom. The molecule has 0 unspecified atom stereocenters. The summed E-state index contributed by atoms with van der Waals surface area (Å²) in [5, 5.41) is 9.68. The molecule has 0 aliphatic rings. The van der Waals surface area contributed by atoms with E-state index in [2.05, 4.69) is 18.0 Å². The smallest absolute Gasteiger partial charge is 0.260 e. The number of benzene rings is 1. The lowest BCUT2D eigenvalue weighted by Crippen LogP contribution is -2.21. The molecular formula is C23H29N3O. The number of hydrogen-bond acceptors (Lipinski definition) is 2. The average molecular weight is 364 g/mol. The zero-order valence-corrected chi connectivity index (χ0v) is 16.5. The molecule has 142 valence electrons. The highest BCUT2D eigenvalue weighted by molar-refractivity contribution is 5.82. The predicted octanol–water partition coefficient (Wildman–Crippen LogP) is 5.64. The van der Waals surface area contributed by atoms with Crippen LogP contribution in [-0.2, 0) is 6.42 Å². The average Bonchev–Trinajstić information content (AvgIpc) is 3.06. The van der Waals surface area contributed by atoms with Gasteiger partial charge in [-0.3, -0.25) is 9.20 Å². The van der Waals surface area contributed by atoms with Crippen molar-refractivity contribution in [3.63, 3.8) is 0 Å². The van der Waals surface area contributed by atoms with Gasteiger partial charge in [-0.15, -0.1) is 0 Å². The van der Waals surface area contributed by atoms with E-state index in [1.807, 2.05) is 31.2 Å². The van der Waals surface area contributed by atoms with Crippen molar-refractivity contribution >= 4 is 16.7 Å². The minimum absolute atomic E-state index is 0.0156. The SMILES string of the molecule is CCCCCCCCCCc1c(C)c(C#N)c2[nH]c3ccccc3n2c1=O. The van der Waals surface area contributed by atoms with Crippen molar-refractivity contribution in [1.82, 2.24) is 9.38 Å². The van der Waals surface area contributed by atoms with Gasteiger partial charge in [0.1, 0.15) is 11.7 Å². The van der Waals surface area contributed by atoms with Crippen LogP contribution in [-0.4, -0.2) is 9.38 Å². The second-order valence-corrected chi connectivity index (χ2v) is 7.45. The molecule has 3 rings (SSSR count). The maximum absolute atomic E-state index is 13.2. The Morgan fingerprint density at radius 2 is 1.70 bits per heavy atom. The van der Waals surface area contributed by atoms with Crippen LogP contribution in [0.2, 0.25) is 0 Å². The molecule has 4 heteroatoms. The molecule has 0 saturated heterocycles. The number of para-hydroxylation sites is 2. The second-order valence-electron chi connectivity index (χ2n) is 7.45. The van der Waals surface area contributed by atoms with Gasteiger partial charge in [0, 0.05) is 5.56 Å². The molecule has 4 nitrogen and oxygen atoms in total. The van der Waals surface area contributed by atoms with Gasteiger partial charge in [0.25, 0.3) is 5.56 Å².